The second-order valence-corrected chi connectivity index (χ2v) is 6.24. The molecule has 0 bridgehead atoms. The molecule has 0 aliphatic heterocycles. The summed E-state index contributed by atoms with van der Waals surface area (Å²) in [5.41, 5.74) is 1.74. The van der Waals surface area contributed by atoms with E-state index in [0.29, 0.717) is 28.5 Å². The first-order valence-corrected chi connectivity index (χ1v) is 8.77. The highest BCUT2D eigenvalue weighted by Gasteiger charge is 2.20. The average molecular weight is 397 g/mol. The van der Waals surface area contributed by atoms with Crippen LogP contribution in [-0.4, -0.2) is 48.4 Å². The number of nitrogens with one attached hydrogen (secondary N) is 2. The monoisotopic (exact) mass is 396 g/mol. The van der Waals surface area contributed by atoms with Gasteiger partial charge in [-0.2, -0.15) is 5.10 Å². The zero-order valence-electron chi connectivity index (χ0n) is 15.6. The van der Waals surface area contributed by atoms with Crippen LogP contribution in [0.3, 0.4) is 0 Å². The zero-order chi connectivity index (χ0) is 20.1. The molecule has 146 valence electrons. The Morgan fingerprint density at radius 1 is 1.37 bits per heavy atom. The first kappa shape index (κ1) is 20.9. The maximum absolute atomic E-state index is 14.2. The number of carbonyl (C=O) groups excluding carboxylic acids is 2. The van der Waals surface area contributed by atoms with Gasteiger partial charge in [-0.15, -0.1) is 0 Å². The molecule has 2 aromatic rings. The molecule has 0 saturated heterocycles. The van der Waals surface area contributed by atoms with Crippen molar-refractivity contribution in [3.8, 4) is 11.3 Å². The van der Waals surface area contributed by atoms with Crippen molar-refractivity contribution in [2.24, 2.45) is 0 Å². The SMILES string of the molecule is CCn1nc(C)c(Cl)c1-c1cc(F)cc(C(=O)NC[C@@H](NC)C(=O)OC)c1. The molecule has 0 aliphatic carbocycles. The summed E-state index contributed by atoms with van der Waals surface area (Å²) in [5, 5.41) is 10.1. The number of esters is 1. The van der Waals surface area contributed by atoms with Crippen molar-refractivity contribution in [2.75, 3.05) is 20.7 Å². The topological polar surface area (TPSA) is 85.3 Å². The molecule has 2 rings (SSSR count). The minimum absolute atomic E-state index is 0.000605. The highest BCUT2D eigenvalue weighted by Crippen LogP contribution is 2.31. The lowest BCUT2D eigenvalue weighted by atomic mass is 10.1. The summed E-state index contributed by atoms with van der Waals surface area (Å²) in [6, 6.07) is 3.26. The number of carbonyl (C=O) groups is 2. The first-order valence-electron chi connectivity index (χ1n) is 8.39. The number of benzene rings is 1. The van der Waals surface area contributed by atoms with E-state index in [1.165, 1.54) is 13.2 Å². The van der Waals surface area contributed by atoms with Crippen LogP contribution in [-0.2, 0) is 16.1 Å². The molecule has 1 amide bonds. The van der Waals surface area contributed by atoms with Gasteiger partial charge < -0.3 is 15.4 Å². The minimum Gasteiger partial charge on any atom is -0.468 e. The van der Waals surface area contributed by atoms with Gasteiger partial charge in [0.15, 0.2) is 0 Å². The van der Waals surface area contributed by atoms with Crippen molar-refractivity contribution in [3.63, 3.8) is 0 Å². The Morgan fingerprint density at radius 3 is 2.67 bits per heavy atom. The van der Waals surface area contributed by atoms with Gasteiger partial charge in [0, 0.05) is 24.2 Å². The Kier molecular flexibility index (Phi) is 6.92. The molecule has 9 heteroatoms. The van der Waals surface area contributed by atoms with Crippen molar-refractivity contribution in [2.45, 2.75) is 26.4 Å². The van der Waals surface area contributed by atoms with Gasteiger partial charge in [-0.1, -0.05) is 11.6 Å². The Balaban J connectivity index is 2.30. The fraction of sp³-hybridized carbons (Fsp3) is 0.389. The van der Waals surface area contributed by atoms with Gasteiger partial charge >= 0.3 is 5.97 Å². The molecule has 0 unspecified atom stereocenters. The Labute approximate surface area is 161 Å². The third-order valence-corrected chi connectivity index (χ3v) is 4.54. The van der Waals surface area contributed by atoms with Crippen molar-refractivity contribution in [1.82, 2.24) is 20.4 Å². The number of halogens is 2. The fourth-order valence-corrected chi connectivity index (χ4v) is 2.91. The molecule has 27 heavy (non-hydrogen) atoms. The summed E-state index contributed by atoms with van der Waals surface area (Å²) in [6.07, 6.45) is 0. The third-order valence-electron chi connectivity index (χ3n) is 4.09. The lowest BCUT2D eigenvalue weighted by molar-refractivity contribution is -0.142. The summed E-state index contributed by atoms with van der Waals surface area (Å²) in [6.45, 7) is 4.20. The number of nitrogens with zero attached hydrogens (tertiary/aromatic N) is 2. The third kappa shape index (κ3) is 4.64. The normalized spacial score (nSPS) is 11.9. The van der Waals surface area contributed by atoms with Crippen LogP contribution in [0.4, 0.5) is 4.39 Å². The maximum atomic E-state index is 14.2. The van der Waals surface area contributed by atoms with E-state index in [1.54, 1.807) is 24.7 Å². The second-order valence-electron chi connectivity index (χ2n) is 5.87. The molecule has 1 aromatic heterocycles. The number of amides is 1. The van der Waals surface area contributed by atoms with E-state index in [1.807, 2.05) is 6.92 Å². The van der Waals surface area contributed by atoms with Crippen molar-refractivity contribution in [1.29, 1.82) is 0 Å². The predicted octanol–water partition coefficient (Wildman–Crippen LogP) is 2.16. The smallest absolute Gasteiger partial charge is 0.324 e. The van der Waals surface area contributed by atoms with Gasteiger partial charge in [0.2, 0.25) is 0 Å². The van der Waals surface area contributed by atoms with Gasteiger partial charge in [-0.25, -0.2) is 4.39 Å². The lowest BCUT2D eigenvalue weighted by Crippen LogP contribution is -2.45. The molecule has 2 N–H and O–H groups in total. The predicted molar refractivity (Wildman–Crippen MR) is 100 cm³/mol. The molecule has 0 radical (unpaired) electrons. The second kappa shape index (κ2) is 8.96. The quantitative estimate of drug-likeness (QED) is 0.700. The van der Waals surface area contributed by atoms with Crippen LogP contribution >= 0.6 is 11.6 Å². The van der Waals surface area contributed by atoms with Crippen LogP contribution in [0.1, 0.15) is 23.0 Å². The number of methoxy groups -OCH3 is 1. The molecule has 0 spiro atoms. The number of likely N-dealkylation sites (N-methyl/N-ethyl adjacent to an activating group) is 1. The van der Waals surface area contributed by atoms with Gasteiger partial charge in [-0.05, 0) is 39.1 Å². The van der Waals surface area contributed by atoms with E-state index in [-0.39, 0.29) is 12.1 Å². The first-order chi connectivity index (χ1) is 12.8. The number of aromatic nitrogens is 2. The van der Waals surface area contributed by atoms with Crippen LogP contribution in [0.25, 0.3) is 11.3 Å². The van der Waals surface area contributed by atoms with Gasteiger partial charge in [-0.3, -0.25) is 14.3 Å². The number of aryl methyl sites for hydroxylation is 2. The molecule has 0 saturated carbocycles. The number of rotatable bonds is 7. The van der Waals surface area contributed by atoms with E-state index < -0.39 is 23.7 Å². The van der Waals surface area contributed by atoms with E-state index in [9.17, 15) is 14.0 Å². The summed E-state index contributed by atoms with van der Waals surface area (Å²) in [4.78, 5) is 24.0. The van der Waals surface area contributed by atoms with Crippen molar-refractivity contribution in [3.05, 3.63) is 40.3 Å². The summed E-state index contributed by atoms with van der Waals surface area (Å²) < 4.78 is 20.5. The summed E-state index contributed by atoms with van der Waals surface area (Å²) in [7, 11) is 2.83. The molecular formula is C18H22ClFN4O3. The molecule has 1 aromatic carbocycles. The van der Waals surface area contributed by atoms with Crippen molar-refractivity contribution >= 4 is 23.5 Å². The molecular weight excluding hydrogens is 375 g/mol. The van der Waals surface area contributed by atoms with Crippen LogP contribution in [0.2, 0.25) is 5.02 Å². The summed E-state index contributed by atoms with van der Waals surface area (Å²) >= 11 is 6.32. The molecule has 0 aliphatic rings. The van der Waals surface area contributed by atoms with Crippen molar-refractivity contribution < 1.29 is 18.7 Å². The minimum atomic E-state index is -0.703. The van der Waals surface area contributed by atoms with E-state index >= 15 is 0 Å². The van der Waals surface area contributed by atoms with Gasteiger partial charge in [0.05, 0.1) is 23.5 Å². The number of hydrogen-bond acceptors (Lipinski definition) is 5. The Hall–Kier alpha value is -2.45. The lowest BCUT2D eigenvalue weighted by Gasteiger charge is -2.15. The highest BCUT2D eigenvalue weighted by molar-refractivity contribution is 6.33. The average Bonchev–Trinajstić information content (AvgIpc) is 2.95. The number of hydrogen-bond donors (Lipinski definition) is 2. The fourth-order valence-electron chi connectivity index (χ4n) is 2.66. The molecule has 1 heterocycles. The van der Waals surface area contributed by atoms with Crippen LogP contribution in [0.5, 0.6) is 0 Å². The van der Waals surface area contributed by atoms with Crippen LogP contribution < -0.4 is 10.6 Å². The largest absolute Gasteiger partial charge is 0.468 e. The molecule has 0 fully saturated rings. The molecule has 7 nitrogen and oxygen atoms in total. The maximum Gasteiger partial charge on any atom is 0.324 e. The zero-order valence-corrected chi connectivity index (χ0v) is 16.4. The van der Waals surface area contributed by atoms with E-state index in [0.717, 1.165) is 6.07 Å². The Bertz CT molecular complexity index is 853. The Morgan fingerprint density at radius 2 is 2.07 bits per heavy atom. The van der Waals surface area contributed by atoms with Gasteiger partial charge in [0.1, 0.15) is 11.9 Å². The van der Waals surface area contributed by atoms with E-state index in [2.05, 4.69) is 20.5 Å². The molecule has 1 atom stereocenters. The van der Waals surface area contributed by atoms with Crippen LogP contribution in [0, 0.1) is 12.7 Å². The van der Waals surface area contributed by atoms with Gasteiger partial charge in [0.25, 0.3) is 5.91 Å². The number of ether oxygens (including phenoxy) is 1. The standard InChI is InChI=1S/C18H22ClFN4O3/c1-5-24-16(15(19)10(2)23-24)11-6-12(8-13(20)7-11)17(25)22-9-14(21-3)18(26)27-4/h6-8,14,21H,5,9H2,1-4H3,(H,22,25)/t14-/m1/s1. The summed E-state index contributed by atoms with van der Waals surface area (Å²) in [5.74, 6) is -1.60. The van der Waals surface area contributed by atoms with Crippen LogP contribution in [0.15, 0.2) is 18.2 Å². The highest BCUT2D eigenvalue weighted by atomic mass is 35.5. The van der Waals surface area contributed by atoms with E-state index in [4.69, 9.17) is 11.6 Å².